The van der Waals surface area contributed by atoms with Gasteiger partial charge < -0.3 is 9.64 Å². The van der Waals surface area contributed by atoms with Crippen LogP contribution in [-0.2, 0) is 0 Å². The van der Waals surface area contributed by atoms with Crippen molar-refractivity contribution in [2.24, 2.45) is 0 Å². The maximum atomic E-state index is 12.5. The van der Waals surface area contributed by atoms with Gasteiger partial charge in [0.25, 0.3) is 5.91 Å². The molecule has 0 radical (unpaired) electrons. The van der Waals surface area contributed by atoms with E-state index in [1.54, 1.807) is 7.11 Å². The summed E-state index contributed by atoms with van der Waals surface area (Å²) in [5, 5.41) is 0. The minimum Gasteiger partial charge on any atom is -0.497 e. The van der Waals surface area contributed by atoms with Crippen molar-refractivity contribution in [2.45, 2.75) is 12.5 Å². The van der Waals surface area contributed by atoms with E-state index >= 15 is 0 Å². The maximum Gasteiger partial charge on any atom is 0.254 e. The Kier molecular flexibility index (Phi) is 2.96. The molecule has 2 bridgehead atoms. The molecule has 2 saturated heterocycles. The van der Waals surface area contributed by atoms with Gasteiger partial charge in [0.05, 0.1) is 7.11 Å². The van der Waals surface area contributed by atoms with Gasteiger partial charge in [0, 0.05) is 37.8 Å². The molecular weight excluding hydrogens is 228 g/mol. The van der Waals surface area contributed by atoms with Gasteiger partial charge >= 0.3 is 0 Å². The Bertz CT molecular complexity index is 444. The van der Waals surface area contributed by atoms with Crippen molar-refractivity contribution in [1.29, 1.82) is 0 Å². The first-order chi connectivity index (χ1) is 8.78. The molecule has 0 spiro atoms. The van der Waals surface area contributed by atoms with Crippen LogP contribution in [0.2, 0.25) is 0 Å². The standard InChI is InChI=1S/C14H18N2O2/c1-18-13-4-2-11(3-5-13)14(17)16-9-8-15-7-6-12(16)10-15/h2-5,12H,6-10H2,1H3. The lowest BCUT2D eigenvalue weighted by Gasteiger charge is -2.34. The number of rotatable bonds is 2. The average Bonchev–Trinajstić information content (AvgIpc) is 2.80. The molecule has 1 aromatic carbocycles. The van der Waals surface area contributed by atoms with Crippen LogP contribution in [0.4, 0.5) is 0 Å². The van der Waals surface area contributed by atoms with Crippen molar-refractivity contribution in [2.75, 3.05) is 33.3 Å². The first-order valence-electron chi connectivity index (χ1n) is 6.45. The highest BCUT2D eigenvalue weighted by Crippen LogP contribution is 2.23. The number of hydrogen-bond donors (Lipinski definition) is 0. The van der Waals surface area contributed by atoms with Gasteiger partial charge in [-0.15, -0.1) is 0 Å². The van der Waals surface area contributed by atoms with Crippen LogP contribution in [-0.4, -0.2) is 55.0 Å². The van der Waals surface area contributed by atoms with Gasteiger partial charge in [0.15, 0.2) is 0 Å². The fraction of sp³-hybridized carbons (Fsp3) is 0.500. The van der Waals surface area contributed by atoms with Crippen LogP contribution < -0.4 is 4.74 Å². The predicted molar refractivity (Wildman–Crippen MR) is 68.9 cm³/mol. The molecule has 4 nitrogen and oxygen atoms in total. The molecule has 96 valence electrons. The van der Waals surface area contributed by atoms with Crippen LogP contribution in [0.1, 0.15) is 16.8 Å². The SMILES string of the molecule is COc1ccc(C(=O)N2CCN3CCC2C3)cc1. The van der Waals surface area contributed by atoms with Crippen molar-refractivity contribution >= 4 is 5.91 Å². The van der Waals surface area contributed by atoms with Crippen molar-refractivity contribution in [3.05, 3.63) is 29.8 Å². The molecule has 2 unspecified atom stereocenters. The third-order valence-corrected chi connectivity index (χ3v) is 3.94. The molecule has 4 heteroatoms. The van der Waals surface area contributed by atoms with Crippen molar-refractivity contribution in [3.8, 4) is 5.75 Å². The van der Waals surface area contributed by atoms with E-state index in [2.05, 4.69) is 4.90 Å². The molecule has 2 fully saturated rings. The lowest BCUT2D eigenvalue weighted by molar-refractivity contribution is 0.0609. The normalized spacial score (nSPS) is 26.2. The number of carbonyl (C=O) groups is 1. The molecule has 0 saturated carbocycles. The smallest absolute Gasteiger partial charge is 0.254 e. The van der Waals surface area contributed by atoms with E-state index in [-0.39, 0.29) is 5.91 Å². The van der Waals surface area contributed by atoms with Gasteiger partial charge in [0.1, 0.15) is 5.75 Å². The molecule has 0 aliphatic carbocycles. The Morgan fingerprint density at radius 3 is 2.72 bits per heavy atom. The second kappa shape index (κ2) is 4.61. The molecule has 2 aliphatic heterocycles. The summed E-state index contributed by atoms with van der Waals surface area (Å²) in [5.74, 6) is 0.946. The number of fused-ring (bicyclic) bond motifs is 2. The average molecular weight is 246 g/mol. The summed E-state index contributed by atoms with van der Waals surface area (Å²) in [6, 6.07) is 7.80. The molecule has 2 heterocycles. The Hall–Kier alpha value is -1.55. The van der Waals surface area contributed by atoms with Crippen molar-refractivity contribution in [1.82, 2.24) is 9.80 Å². The van der Waals surface area contributed by atoms with Crippen LogP contribution in [0.25, 0.3) is 0 Å². The fourth-order valence-corrected chi connectivity index (χ4v) is 2.87. The van der Waals surface area contributed by atoms with Gasteiger partial charge in [-0.25, -0.2) is 0 Å². The van der Waals surface area contributed by atoms with E-state index < -0.39 is 0 Å². The van der Waals surface area contributed by atoms with Crippen molar-refractivity contribution in [3.63, 3.8) is 0 Å². The van der Waals surface area contributed by atoms with Gasteiger partial charge in [0.2, 0.25) is 0 Å². The lowest BCUT2D eigenvalue weighted by Crippen LogP contribution is -2.49. The van der Waals surface area contributed by atoms with Crippen LogP contribution in [0, 0.1) is 0 Å². The zero-order valence-electron chi connectivity index (χ0n) is 10.6. The maximum absolute atomic E-state index is 12.5. The van der Waals surface area contributed by atoms with Crippen molar-refractivity contribution < 1.29 is 9.53 Å². The van der Waals surface area contributed by atoms with Gasteiger partial charge in [-0.1, -0.05) is 0 Å². The second-order valence-corrected chi connectivity index (χ2v) is 4.97. The molecule has 2 aliphatic rings. The Morgan fingerprint density at radius 2 is 2.00 bits per heavy atom. The summed E-state index contributed by atoms with van der Waals surface area (Å²) < 4.78 is 5.11. The number of piperazine rings is 1. The highest BCUT2D eigenvalue weighted by Gasteiger charge is 2.35. The Morgan fingerprint density at radius 1 is 1.22 bits per heavy atom. The van der Waals surface area contributed by atoms with Crippen LogP contribution >= 0.6 is 0 Å². The van der Waals surface area contributed by atoms with Gasteiger partial charge in [-0.2, -0.15) is 0 Å². The third-order valence-electron chi connectivity index (χ3n) is 3.94. The quantitative estimate of drug-likeness (QED) is 0.786. The highest BCUT2D eigenvalue weighted by molar-refractivity contribution is 5.94. The van der Waals surface area contributed by atoms with E-state index in [4.69, 9.17) is 4.74 Å². The lowest BCUT2D eigenvalue weighted by atomic mass is 10.1. The van der Waals surface area contributed by atoms with E-state index in [0.717, 1.165) is 43.9 Å². The topological polar surface area (TPSA) is 32.8 Å². The molecule has 18 heavy (non-hydrogen) atoms. The minimum absolute atomic E-state index is 0.157. The van der Waals surface area contributed by atoms with Crippen LogP contribution in [0.15, 0.2) is 24.3 Å². The number of hydrogen-bond acceptors (Lipinski definition) is 3. The Labute approximate surface area is 107 Å². The van der Waals surface area contributed by atoms with E-state index in [1.807, 2.05) is 29.2 Å². The number of nitrogens with zero attached hydrogens (tertiary/aromatic N) is 2. The molecule has 1 aromatic rings. The number of amides is 1. The Balaban J connectivity index is 1.76. The minimum atomic E-state index is 0.157. The summed E-state index contributed by atoms with van der Waals surface area (Å²) in [5.41, 5.74) is 0.760. The molecular formula is C14H18N2O2. The van der Waals surface area contributed by atoms with E-state index in [1.165, 1.54) is 0 Å². The first kappa shape index (κ1) is 11.5. The highest BCUT2D eigenvalue weighted by atomic mass is 16.5. The summed E-state index contributed by atoms with van der Waals surface area (Å²) in [6.45, 7) is 4.05. The second-order valence-electron chi connectivity index (χ2n) is 4.97. The van der Waals surface area contributed by atoms with E-state index in [9.17, 15) is 4.79 Å². The number of ether oxygens (including phenoxy) is 1. The number of methoxy groups -OCH3 is 1. The molecule has 0 N–H and O–H groups in total. The third kappa shape index (κ3) is 1.97. The van der Waals surface area contributed by atoms with Gasteiger partial charge in [-0.05, 0) is 30.7 Å². The number of benzene rings is 1. The zero-order valence-corrected chi connectivity index (χ0v) is 10.6. The molecule has 3 rings (SSSR count). The monoisotopic (exact) mass is 246 g/mol. The van der Waals surface area contributed by atoms with Crippen LogP contribution in [0.5, 0.6) is 5.75 Å². The molecule has 1 amide bonds. The predicted octanol–water partition coefficient (Wildman–Crippen LogP) is 1.23. The number of carbonyl (C=O) groups excluding carboxylic acids is 1. The first-order valence-corrected chi connectivity index (χ1v) is 6.45. The summed E-state index contributed by atoms with van der Waals surface area (Å²) in [6.07, 6.45) is 1.11. The van der Waals surface area contributed by atoms with Gasteiger partial charge in [-0.3, -0.25) is 9.69 Å². The zero-order chi connectivity index (χ0) is 12.5. The fourth-order valence-electron chi connectivity index (χ4n) is 2.87. The summed E-state index contributed by atoms with van der Waals surface area (Å²) >= 11 is 0. The summed E-state index contributed by atoms with van der Waals surface area (Å²) in [7, 11) is 1.63. The molecule has 2 atom stereocenters. The summed E-state index contributed by atoms with van der Waals surface area (Å²) in [4.78, 5) is 16.9. The van der Waals surface area contributed by atoms with E-state index in [0.29, 0.717) is 6.04 Å². The molecule has 0 aromatic heterocycles. The van der Waals surface area contributed by atoms with Crippen LogP contribution in [0.3, 0.4) is 0 Å². The largest absolute Gasteiger partial charge is 0.497 e.